The molecule has 1 aromatic rings. The summed E-state index contributed by atoms with van der Waals surface area (Å²) in [4.78, 5) is 23.2. The van der Waals surface area contributed by atoms with E-state index in [4.69, 9.17) is 69.6 Å². The Morgan fingerprint density at radius 3 is 1.64 bits per heavy atom. The van der Waals surface area contributed by atoms with E-state index in [-0.39, 0.29) is 15.8 Å². The molecule has 2 fully saturated rings. The summed E-state index contributed by atoms with van der Waals surface area (Å²) in [5.74, 6) is -4.26. The fourth-order valence-electron chi connectivity index (χ4n) is 3.84. The van der Waals surface area contributed by atoms with Crippen LogP contribution in [0.4, 0.5) is 10.1 Å². The van der Waals surface area contributed by atoms with E-state index in [9.17, 15) is 14.0 Å². The van der Waals surface area contributed by atoms with Gasteiger partial charge in [-0.2, -0.15) is 0 Å². The number of carbonyl (C=O) groups excluding carboxylic acids is 2. The number of amides is 2. The Morgan fingerprint density at radius 1 is 0.840 bits per heavy atom. The van der Waals surface area contributed by atoms with Crippen LogP contribution in [0, 0.1) is 17.7 Å². The lowest BCUT2D eigenvalue weighted by Crippen LogP contribution is -2.50. The molecule has 2 amide bonds. The number of hydrogen-bond acceptors (Lipinski definition) is 2. The van der Waals surface area contributed by atoms with Crippen LogP contribution in [0.2, 0.25) is 0 Å². The fourth-order valence-corrected chi connectivity index (χ4v) is 6.77. The zero-order valence-corrected chi connectivity index (χ0v) is 16.4. The molecular weight excluding hydrogens is 458 g/mol. The van der Waals surface area contributed by atoms with Crippen molar-refractivity contribution in [1.29, 1.82) is 0 Å². The number of carbonyl (C=O) groups is 2. The van der Waals surface area contributed by atoms with Crippen LogP contribution < -0.4 is 4.90 Å². The predicted molar refractivity (Wildman–Crippen MR) is 96.2 cm³/mol. The number of fused-ring (bicyclic) bond motifs is 5. The summed E-state index contributed by atoms with van der Waals surface area (Å²) in [7, 11) is 0. The number of imide groups is 1. The van der Waals surface area contributed by atoms with Crippen molar-refractivity contribution in [3.63, 3.8) is 0 Å². The molecule has 3 nitrogen and oxygen atoms in total. The first-order valence-corrected chi connectivity index (χ1v) is 9.23. The molecule has 0 aromatic heterocycles. The number of hydrogen-bond donors (Lipinski definition) is 0. The molecule has 1 saturated carbocycles. The number of halogens is 7. The minimum atomic E-state index is -1.97. The van der Waals surface area contributed by atoms with Crippen molar-refractivity contribution in [2.75, 3.05) is 4.90 Å². The standard InChI is InChI=1S/C15H6Cl6FNO2/c16-9-10(17)14(19)8-7(13(9,18)15(14,20)21)11(24)23(12(8)25)6-3-1-5(22)2-4-6/h1-4,7-8H/t7-,8-,13+,14+/m0/s1. The average molecular weight is 464 g/mol. The van der Waals surface area contributed by atoms with Gasteiger partial charge in [0.2, 0.25) is 11.8 Å². The lowest BCUT2D eigenvalue weighted by Gasteiger charge is -2.34. The lowest BCUT2D eigenvalue weighted by atomic mass is 9.84. The predicted octanol–water partition coefficient (Wildman–Crippen LogP) is 4.78. The number of anilines is 1. The summed E-state index contributed by atoms with van der Waals surface area (Å²) in [6.07, 6.45) is 0. The topological polar surface area (TPSA) is 37.4 Å². The van der Waals surface area contributed by atoms with Gasteiger partial charge in [-0.1, -0.05) is 46.4 Å². The van der Waals surface area contributed by atoms with Crippen molar-refractivity contribution in [2.24, 2.45) is 11.8 Å². The lowest BCUT2D eigenvalue weighted by molar-refractivity contribution is -0.123. The summed E-state index contributed by atoms with van der Waals surface area (Å²) < 4.78 is 11.2. The minimum absolute atomic E-state index is 0.154. The summed E-state index contributed by atoms with van der Waals surface area (Å²) >= 11 is 38.3. The number of nitrogens with zero attached hydrogens (tertiary/aromatic N) is 1. The molecule has 132 valence electrons. The van der Waals surface area contributed by atoms with Gasteiger partial charge in [-0.25, -0.2) is 9.29 Å². The minimum Gasteiger partial charge on any atom is -0.274 e. The first kappa shape index (κ1) is 18.1. The van der Waals surface area contributed by atoms with Gasteiger partial charge in [-0.3, -0.25) is 9.59 Å². The van der Waals surface area contributed by atoms with E-state index in [1.165, 1.54) is 12.1 Å². The van der Waals surface area contributed by atoms with E-state index in [1.54, 1.807) is 0 Å². The van der Waals surface area contributed by atoms with E-state index in [0.717, 1.165) is 17.0 Å². The van der Waals surface area contributed by atoms with Crippen LogP contribution in [-0.4, -0.2) is 25.9 Å². The summed E-state index contributed by atoms with van der Waals surface area (Å²) in [6.45, 7) is 0. The van der Waals surface area contributed by atoms with E-state index >= 15 is 0 Å². The van der Waals surface area contributed by atoms with Crippen LogP contribution in [-0.2, 0) is 9.59 Å². The van der Waals surface area contributed by atoms with Crippen molar-refractivity contribution in [3.8, 4) is 0 Å². The molecule has 4 rings (SSSR count). The highest BCUT2D eigenvalue weighted by atomic mass is 35.5. The summed E-state index contributed by atoms with van der Waals surface area (Å²) in [5.41, 5.74) is 0.174. The molecule has 1 saturated heterocycles. The highest BCUT2D eigenvalue weighted by Crippen LogP contribution is 2.77. The molecule has 1 aliphatic heterocycles. The molecule has 2 aliphatic carbocycles. The Bertz CT molecular complexity index is 825. The van der Waals surface area contributed by atoms with Crippen LogP contribution in [0.5, 0.6) is 0 Å². The maximum absolute atomic E-state index is 13.2. The van der Waals surface area contributed by atoms with E-state index in [1.807, 2.05) is 0 Å². The third-order valence-corrected chi connectivity index (χ3v) is 9.25. The van der Waals surface area contributed by atoms with E-state index < -0.39 is 43.5 Å². The molecule has 3 aliphatic rings. The number of rotatable bonds is 1. The second-order valence-corrected chi connectivity index (χ2v) is 9.35. The third kappa shape index (κ3) is 1.77. The third-order valence-electron chi connectivity index (χ3n) is 4.99. The summed E-state index contributed by atoms with van der Waals surface area (Å²) in [6, 6.07) is 4.83. The van der Waals surface area contributed by atoms with Crippen molar-refractivity contribution in [3.05, 3.63) is 40.1 Å². The number of benzene rings is 1. The Hall–Kier alpha value is -0.230. The first-order valence-electron chi connectivity index (χ1n) is 6.96. The Labute approximate surface area is 171 Å². The zero-order valence-electron chi connectivity index (χ0n) is 11.9. The molecule has 1 aromatic carbocycles. The van der Waals surface area contributed by atoms with Crippen LogP contribution in [0.3, 0.4) is 0 Å². The summed E-state index contributed by atoms with van der Waals surface area (Å²) in [5, 5.41) is -0.307. The first-order chi connectivity index (χ1) is 11.5. The number of allylic oxidation sites excluding steroid dienone is 2. The largest absolute Gasteiger partial charge is 0.274 e. The second-order valence-electron chi connectivity index (χ2n) is 6.07. The molecule has 4 atom stereocenters. The monoisotopic (exact) mass is 461 g/mol. The van der Waals surface area contributed by atoms with Gasteiger partial charge < -0.3 is 0 Å². The molecule has 25 heavy (non-hydrogen) atoms. The van der Waals surface area contributed by atoms with Crippen molar-refractivity contribution in [2.45, 2.75) is 14.1 Å². The van der Waals surface area contributed by atoms with Crippen molar-refractivity contribution < 1.29 is 14.0 Å². The molecule has 10 heteroatoms. The molecule has 2 bridgehead atoms. The maximum atomic E-state index is 13.2. The van der Waals surface area contributed by atoms with Gasteiger partial charge >= 0.3 is 0 Å². The normalized spacial score (nSPS) is 38.8. The van der Waals surface area contributed by atoms with Crippen LogP contribution >= 0.6 is 69.6 Å². The SMILES string of the molecule is O=C1[C@@H]2[C@@H](C(=O)N1c1ccc(F)cc1)[C@@]1(Cl)C(Cl)=C(Cl)[C@@]2(Cl)C1(Cl)Cl. The van der Waals surface area contributed by atoms with E-state index in [0.29, 0.717) is 0 Å². The molecule has 1 heterocycles. The Balaban J connectivity index is 1.90. The molecule has 0 spiro atoms. The van der Waals surface area contributed by atoms with Gasteiger partial charge in [0.05, 0.1) is 27.6 Å². The molecule has 0 unspecified atom stereocenters. The van der Waals surface area contributed by atoms with Gasteiger partial charge in [-0.15, -0.1) is 23.2 Å². The highest BCUT2D eigenvalue weighted by Gasteiger charge is 2.87. The van der Waals surface area contributed by atoms with Crippen molar-refractivity contribution in [1.82, 2.24) is 0 Å². The van der Waals surface area contributed by atoms with Crippen molar-refractivity contribution >= 4 is 87.1 Å². The smallest absolute Gasteiger partial charge is 0.240 e. The van der Waals surface area contributed by atoms with Crippen LogP contribution in [0.1, 0.15) is 0 Å². The van der Waals surface area contributed by atoms with Gasteiger partial charge in [-0.05, 0) is 24.3 Å². The molecule has 0 N–H and O–H groups in total. The zero-order chi connectivity index (χ0) is 18.5. The van der Waals surface area contributed by atoms with Gasteiger partial charge in [0.15, 0.2) is 4.33 Å². The van der Waals surface area contributed by atoms with Crippen LogP contribution in [0.25, 0.3) is 0 Å². The fraction of sp³-hybridized carbons (Fsp3) is 0.333. The van der Waals surface area contributed by atoms with Gasteiger partial charge in [0.1, 0.15) is 15.6 Å². The quantitative estimate of drug-likeness (QED) is 0.444. The second kappa shape index (κ2) is 5.18. The van der Waals surface area contributed by atoms with Crippen LogP contribution in [0.15, 0.2) is 34.3 Å². The molecule has 0 radical (unpaired) electrons. The number of alkyl halides is 4. The van der Waals surface area contributed by atoms with Gasteiger partial charge in [0, 0.05) is 0 Å². The highest BCUT2D eigenvalue weighted by molar-refractivity contribution is 6.67. The van der Waals surface area contributed by atoms with E-state index in [2.05, 4.69) is 0 Å². The Kier molecular flexibility index (Phi) is 3.76. The molecular formula is C15H6Cl6FNO2. The average Bonchev–Trinajstić information content (AvgIpc) is 2.94. The Morgan fingerprint density at radius 2 is 1.24 bits per heavy atom. The van der Waals surface area contributed by atoms with Gasteiger partial charge in [0.25, 0.3) is 0 Å². The maximum Gasteiger partial charge on any atom is 0.240 e.